The normalized spacial score (nSPS) is 12.5. The van der Waals surface area contributed by atoms with Crippen molar-refractivity contribution in [3.05, 3.63) is 11.4 Å². The van der Waals surface area contributed by atoms with Crippen LogP contribution < -0.4 is 5.73 Å². The number of carbonyl (C=O) groups is 2. The van der Waals surface area contributed by atoms with E-state index in [0.29, 0.717) is 4.68 Å². The molecule has 0 aromatic carbocycles. The Morgan fingerprint density at radius 1 is 1.50 bits per heavy atom. The van der Waals surface area contributed by atoms with Crippen molar-refractivity contribution in [2.75, 3.05) is 6.61 Å². The summed E-state index contributed by atoms with van der Waals surface area (Å²) in [5, 5.41) is 6.66. The van der Waals surface area contributed by atoms with Gasteiger partial charge in [-0.2, -0.15) is 0 Å². The van der Waals surface area contributed by atoms with Gasteiger partial charge in [-0.25, -0.2) is 18.3 Å². The summed E-state index contributed by atoms with van der Waals surface area (Å²) in [4.78, 5) is 22.3. The lowest BCUT2D eigenvalue weighted by Crippen LogP contribution is -2.26. The molecule has 7 nitrogen and oxygen atoms in total. The Bertz CT molecular complexity index is 461. The highest BCUT2D eigenvalue weighted by atomic mass is 19.3. The van der Waals surface area contributed by atoms with Gasteiger partial charge in [0.1, 0.15) is 11.7 Å². The van der Waals surface area contributed by atoms with Crippen molar-refractivity contribution < 1.29 is 23.1 Å². The Labute approximate surface area is 101 Å². The molecule has 0 aliphatic heterocycles. The van der Waals surface area contributed by atoms with Crippen LogP contribution in [0.4, 0.5) is 8.78 Å². The van der Waals surface area contributed by atoms with E-state index >= 15 is 0 Å². The number of rotatable bonds is 5. The van der Waals surface area contributed by atoms with Crippen LogP contribution in [0.15, 0.2) is 0 Å². The average Bonchev–Trinajstić information content (AvgIpc) is 2.72. The third-order valence-electron chi connectivity index (χ3n) is 2.18. The Balaban J connectivity index is 3.23. The third kappa shape index (κ3) is 2.60. The Morgan fingerprint density at radius 3 is 2.56 bits per heavy atom. The van der Waals surface area contributed by atoms with E-state index in [1.54, 1.807) is 0 Å². The zero-order chi connectivity index (χ0) is 13.9. The van der Waals surface area contributed by atoms with Crippen molar-refractivity contribution in [2.45, 2.75) is 26.3 Å². The maximum absolute atomic E-state index is 12.9. The first-order valence-electron chi connectivity index (χ1n) is 5.09. The van der Waals surface area contributed by atoms with Gasteiger partial charge in [-0.3, -0.25) is 4.79 Å². The van der Waals surface area contributed by atoms with Crippen molar-refractivity contribution in [3.63, 3.8) is 0 Å². The molecule has 0 aliphatic rings. The Kier molecular flexibility index (Phi) is 4.29. The maximum Gasteiger partial charge on any atom is 0.361 e. The summed E-state index contributed by atoms with van der Waals surface area (Å²) in [5.74, 6) is -1.88. The van der Waals surface area contributed by atoms with E-state index in [1.165, 1.54) is 13.8 Å². The van der Waals surface area contributed by atoms with E-state index in [9.17, 15) is 18.4 Å². The molecular formula is C9H12F2N4O3. The van der Waals surface area contributed by atoms with E-state index in [-0.39, 0.29) is 6.61 Å². The zero-order valence-corrected chi connectivity index (χ0v) is 9.76. The number of nitrogens with zero attached hydrogens (tertiary/aromatic N) is 3. The van der Waals surface area contributed by atoms with Crippen LogP contribution in [0.2, 0.25) is 0 Å². The summed E-state index contributed by atoms with van der Waals surface area (Å²) in [6.07, 6.45) is -3.03. The van der Waals surface area contributed by atoms with Gasteiger partial charge in [-0.15, -0.1) is 5.10 Å². The molecule has 9 heteroatoms. The molecule has 18 heavy (non-hydrogen) atoms. The van der Waals surface area contributed by atoms with Gasteiger partial charge < -0.3 is 10.5 Å². The molecule has 1 aromatic rings. The fourth-order valence-corrected chi connectivity index (χ4v) is 1.26. The van der Waals surface area contributed by atoms with Crippen LogP contribution in [0.3, 0.4) is 0 Å². The number of amides is 1. The van der Waals surface area contributed by atoms with Crippen LogP contribution >= 0.6 is 0 Å². The quantitative estimate of drug-likeness (QED) is 0.776. The van der Waals surface area contributed by atoms with Crippen LogP contribution in [0.25, 0.3) is 0 Å². The number of nitrogens with two attached hydrogens (primary N) is 1. The van der Waals surface area contributed by atoms with E-state index in [1.807, 2.05) is 0 Å². The summed E-state index contributed by atoms with van der Waals surface area (Å²) >= 11 is 0. The topological polar surface area (TPSA) is 100 Å². The number of alkyl halides is 2. The van der Waals surface area contributed by atoms with Gasteiger partial charge >= 0.3 is 5.97 Å². The highest BCUT2D eigenvalue weighted by Gasteiger charge is 2.30. The van der Waals surface area contributed by atoms with Gasteiger partial charge in [0.2, 0.25) is 5.91 Å². The first kappa shape index (κ1) is 14.0. The monoisotopic (exact) mass is 262 g/mol. The molecule has 0 spiro atoms. The lowest BCUT2D eigenvalue weighted by Gasteiger charge is -2.11. The van der Waals surface area contributed by atoms with E-state index in [2.05, 4.69) is 15.0 Å². The van der Waals surface area contributed by atoms with E-state index < -0.39 is 35.7 Å². The number of halogens is 2. The van der Waals surface area contributed by atoms with Gasteiger partial charge in [0.15, 0.2) is 5.69 Å². The Hall–Kier alpha value is -2.06. The summed E-state index contributed by atoms with van der Waals surface area (Å²) in [6.45, 7) is 2.81. The lowest BCUT2D eigenvalue weighted by atomic mass is 10.2. The minimum Gasteiger partial charge on any atom is -0.461 e. The first-order valence-corrected chi connectivity index (χ1v) is 5.09. The zero-order valence-electron chi connectivity index (χ0n) is 9.76. The number of primary amides is 1. The van der Waals surface area contributed by atoms with Gasteiger partial charge in [0.05, 0.1) is 6.61 Å². The molecule has 0 saturated heterocycles. The van der Waals surface area contributed by atoms with Crippen LogP contribution in [-0.2, 0) is 9.53 Å². The number of hydrogen-bond acceptors (Lipinski definition) is 5. The minimum atomic E-state index is -3.03. The molecule has 0 bridgehead atoms. The first-order chi connectivity index (χ1) is 8.40. The van der Waals surface area contributed by atoms with Crippen LogP contribution in [0, 0.1) is 0 Å². The standard InChI is InChI=1S/C9H12F2N4O3/c1-3-18-9(17)5-6(7(10)11)15(14-13-5)4(2)8(12)16/h4,7H,3H2,1-2H3,(H2,12,16). The summed E-state index contributed by atoms with van der Waals surface area (Å²) < 4.78 is 31.0. The molecule has 0 aliphatic carbocycles. The predicted octanol–water partition coefficient (Wildman–Crippen LogP) is 0.439. The molecule has 1 rings (SSSR count). The summed E-state index contributed by atoms with van der Waals surface area (Å²) in [5.41, 5.74) is 3.60. The maximum atomic E-state index is 12.9. The number of hydrogen-bond donors (Lipinski definition) is 1. The largest absolute Gasteiger partial charge is 0.461 e. The lowest BCUT2D eigenvalue weighted by molar-refractivity contribution is -0.121. The third-order valence-corrected chi connectivity index (χ3v) is 2.18. The SMILES string of the molecule is CCOC(=O)c1nnn(C(C)C(N)=O)c1C(F)F. The van der Waals surface area contributed by atoms with Crippen molar-refractivity contribution >= 4 is 11.9 Å². The molecular weight excluding hydrogens is 250 g/mol. The molecule has 0 radical (unpaired) electrons. The van der Waals surface area contributed by atoms with Crippen molar-refractivity contribution in [2.24, 2.45) is 5.73 Å². The fraction of sp³-hybridized carbons (Fsp3) is 0.556. The molecule has 1 aromatic heterocycles. The molecule has 0 saturated carbocycles. The smallest absolute Gasteiger partial charge is 0.361 e. The van der Waals surface area contributed by atoms with Gasteiger partial charge in [-0.1, -0.05) is 5.21 Å². The van der Waals surface area contributed by atoms with Crippen LogP contribution in [-0.4, -0.2) is 33.5 Å². The summed E-state index contributed by atoms with van der Waals surface area (Å²) in [6, 6.07) is -1.13. The van der Waals surface area contributed by atoms with Gasteiger partial charge in [0.25, 0.3) is 6.43 Å². The number of aromatic nitrogens is 3. The minimum absolute atomic E-state index is 0.0136. The predicted molar refractivity (Wildman–Crippen MR) is 54.8 cm³/mol. The highest BCUT2D eigenvalue weighted by Crippen LogP contribution is 2.24. The summed E-state index contributed by atoms with van der Waals surface area (Å²) in [7, 11) is 0. The van der Waals surface area contributed by atoms with Crippen LogP contribution in [0.1, 0.15) is 42.5 Å². The van der Waals surface area contributed by atoms with Crippen LogP contribution in [0.5, 0.6) is 0 Å². The van der Waals surface area contributed by atoms with E-state index in [4.69, 9.17) is 5.73 Å². The number of esters is 1. The molecule has 1 atom stereocenters. The molecule has 1 amide bonds. The molecule has 100 valence electrons. The highest BCUT2D eigenvalue weighted by molar-refractivity contribution is 5.88. The van der Waals surface area contributed by atoms with Gasteiger partial charge in [0, 0.05) is 0 Å². The molecule has 2 N–H and O–H groups in total. The van der Waals surface area contributed by atoms with Crippen molar-refractivity contribution in [3.8, 4) is 0 Å². The van der Waals surface area contributed by atoms with Crippen molar-refractivity contribution in [1.82, 2.24) is 15.0 Å². The van der Waals surface area contributed by atoms with Crippen molar-refractivity contribution in [1.29, 1.82) is 0 Å². The number of carbonyl (C=O) groups excluding carboxylic acids is 2. The second-order valence-electron chi connectivity index (χ2n) is 3.37. The fourth-order valence-electron chi connectivity index (χ4n) is 1.26. The second-order valence-corrected chi connectivity index (χ2v) is 3.37. The molecule has 1 heterocycles. The average molecular weight is 262 g/mol. The molecule has 0 fully saturated rings. The van der Waals surface area contributed by atoms with Gasteiger partial charge in [-0.05, 0) is 13.8 Å². The number of ether oxygens (including phenoxy) is 1. The molecule has 1 unspecified atom stereocenters. The second kappa shape index (κ2) is 5.52. The Morgan fingerprint density at radius 2 is 2.11 bits per heavy atom. The van der Waals surface area contributed by atoms with E-state index in [0.717, 1.165) is 0 Å².